The molecule has 0 atom stereocenters. The Kier molecular flexibility index (Phi) is 5.13. The molecule has 0 radical (unpaired) electrons. The molecule has 23 heavy (non-hydrogen) atoms. The molecule has 3 rings (SSSR count). The van der Waals surface area contributed by atoms with E-state index in [1.165, 1.54) is 12.8 Å². The van der Waals surface area contributed by atoms with Crippen molar-refractivity contribution in [1.29, 1.82) is 0 Å². The van der Waals surface area contributed by atoms with Crippen molar-refractivity contribution in [1.82, 2.24) is 9.88 Å². The van der Waals surface area contributed by atoms with Crippen molar-refractivity contribution in [2.24, 2.45) is 0 Å². The fourth-order valence-corrected chi connectivity index (χ4v) is 2.95. The number of nitrogens with zero attached hydrogens (tertiary/aromatic N) is 2. The summed E-state index contributed by atoms with van der Waals surface area (Å²) in [6, 6.07) is 11.1. The van der Waals surface area contributed by atoms with Gasteiger partial charge in [-0.3, -0.25) is 4.79 Å². The molecule has 0 bridgehead atoms. The van der Waals surface area contributed by atoms with Gasteiger partial charge < -0.3 is 10.2 Å². The van der Waals surface area contributed by atoms with Crippen LogP contribution in [0.3, 0.4) is 0 Å². The molecule has 5 heteroatoms. The number of pyridine rings is 1. The summed E-state index contributed by atoms with van der Waals surface area (Å²) in [5.74, 6) is 0.0289. The highest BCUT2D eigenvalue weighted by molar-refractivity contribution is 6.30. The van der Waals surface area contributed by atoms with Crippen LogP contribution in [0.15, 0.2) is 42.6 Å². The molecule has 1 N–H and O–H groups in total. The molecule has 1 fully saturated rings. The summed E-state index contributed by atoms with van der Waals surface area (Å²) in [6.07, 6.45) is 6.27. The highest BCUT2D eigenvalue weighted by Gasteiger charge is 2.18. The Bertz CT molecular complexity index is 664. The van der Waals surface area contributed by atoms with E-state index in [1.807, 2.05) is 35.2 Å². The Morgan fingerprint density at radius 2 is 1.83 bits per heavy atom. The highest BCUT2D eigenvalue weighted by atomic mass is 35.5. The van der Waals surface area contributed by atoms with Crippen molar-refractivity contribution in [2.75, 3.05) is 18.4 Å². The van der Waals surface area contributed by atoms with Crippen LogP contribution < -0.4 is 5.32 Å². The van der Waals surface area contributed by atoms with Crippen LogP contribution in [0.2, 0.25) is 5.02 Å². The van der Waals surface area contributed by atoms with E-state index in [-0.39, 0.29) is 5.91 Å². The van der Waals surface area contributed by atoms with Gasteiger partial charge in [0.2, 0.25) is 0 Å². The van der Waals surface area contributed by atoms with E-state index in [1.54, 1.807) is 12.3 Å². The maximum absolute atomic E-state index is 12.5. The second-order valence-electron chi connectivity index (χ2n) is 5.77. The van der Waals surface area contributed by atoms with Gasteiger partial charge in [0.1, 0.15) is 5.69 Å². The maximum atomic E-state index is 12.5. The third kappa shape index (κ3) is 4.23. The molecular weight excluding hydrogens is 310 g/mol. The molecular formula is C18H20ClN3O. The number of hydrogen-bond donors (Lipinski definition) is 1. The molecule has 0 spiro atoms. The minimum atomic E-state index is 0.0289. The number of benzene rings is 1. The van der Waals surface area contributed by atoms with E-state index in [0.29, 0.717) is 10.7 Å². The summed E-state index contributed by atoms with van der Waals surface area (Å²) in [4.78, 5) is 18.7. The van der Waals surface area contributed by atoms with Crippen LogP contribution in [-0.2, 0) is 0 Å². The minimum absolute atomic E-state index is 0.0289. The van der Waals surface area contributed by atoms with Crippen molar-refractivity contribution < 1.29 is 4.79 Å². The van der Waals surface area contributed by atoms with E-state index in [9.17, 15) is 4.79 Å². The lowest BCUT2D eigenvalue weighted by atomic mass is 10.2. The number of halogens is 1. The summed E-state index contributed by atoms with van der Waals surface area (Å²) < 4.78 is 0. The highest BCUT2D eigenvalue weighted by Crippen LogP contribution is 2.20. The van der Waals surface area contributed by atoms with E-state index in [0.717, 1.165) is 37.3 Å². The van der Waals surface area contributed by atoms with Gasteiger partial charge in [0.25, 0.3) is 5.91 Å². The number of amides is 1. The van der Waals surface area contributed by atoms with Crippen molar-refractivity contribution >= 4 is 28.9 Å². The average Bonchev–Trinajstić information content (AvgIpc) is 2.84. The second kappa shape index (κ2) is 7.47. The lowest BCUT2D eigenvalue weighted by molar-refractivity contribution is 0.0756. The van der Waals surface area contributed by atoms with Gasteiger partial charge in [0.05, 0.1) is 11.9 Å². The van der Waals surface area contributed by atoms with Crippen LogP contribution in [0.5, 0.6) is 0 Å². The van der Waals surface area contributed by atoms with Crippen molar-refractivity contribution in [3.05, 3.63) is 53.3 Å². The SMILES string of the molecule is O=C(c1ccc(Nc2cccc(Cl)c2)cn1)N1CCCCCC1. The van der Waals surface area contributed by atoms with Gasteiger partial charge in [-0.15, -0.1) is 0 Å². The number of carbonyl (C=O) groups is 1. The Hall–Kier alpha value is -2.07. The second-order valence-corrected chi connectivity index (χ2v) is 6.21. The van der Waals surface area contributed by atoms with Crippen LogP contribution in [-0.4, -0.2) is 28.9 Å². The first kappa shape index (κ1) is 15.8. The molecule has 2 heterocycles. The van der Waals surface area contributed by atoms with Gasteiger partial charge in [-0.25, -0.2) is 4.98 Å². The number of nitrogens with one attached hydrogen (secondary N) is 1. The van der Waals surface area contributed by atoms with Gasteiger partial charge in [-0.05, 0) is 43.2 Å². The quantitative estimate of drug-likeness (QED) is 0.902. The minimum Gasteiger partial charge on any atom is -0.354 e. The van der Waals surface area contributed by atoms with Gasteiger partial charge >= 0.3 is 0 Å². The molecule has 0 saturated carbocycles. The fourth-order valence-electron chi connectivity index (χ4n) is 2.76. The van der Waals surface area contributed by atoms with Crippen LogP contribution in [0, 0.1) is 0 Å². The number of anilines is 2. The first-order valence-corrected chi connectivity index (χ1v) is 8.38. The van der Waals surface area contributed by atoms with Crippen molar-refractivity contribution in [3.63, 3.8) is 0 Å². The van der Waals surface area contributed by atoms with Gasteiger partial charge in [0.15, 0.2) is 0 Å². The zero-order chi connectivity index (χ0) is 16.1. The van der Waals surface area contributed by atoms with E-state index in [2.05, 4.69) is 10.3 Å². The lowest BCUT2D eigenvalue weighted by Gasteiger charge is -2.19. The number of carbonyl (C=O) groups excluding carboxylic acids is 1. The van der Waals surface area contributed by atoms with Crippen LogP contribution in [0.1, 0.15) is 36.2 Å². The molecule has 1 aromatic heterocycles. The Morgan fingerprint density at radius 3 is 2.48 bits per heavy atom. The van der Waals surface area contributed by atoms with E-state index >= 15 is 0 Å². The molecule has 1 aliphatic rings. The molecule has 0 aliphatic carbocycles. The average molecular weight is 330 g/mol. The summed E-state index contributed by atoms with van der Waals surface area (Å²) >= 11 is 5.97. The van der Waals surface area contributed by atoms with E-state index < -0.39 is 0 Å². The zero-order valence-electron chi connectivity index (χ0n) is 13.0. The Labute approximate surface area is 141 Å². The molecule has 1 saturated heterocycles. The lowest BCUT2D eigenvalue weighted by Crippen LogP contribution is -2.32. The molecule has 1 aromatic carbocycles. The number of likely N-dealkylation sites (tertiary alicyclic amines) is 1. The van der Waals surface area contributed by atoms with E-state index in [4.69, 9.17) is 11.6 Å². The van der Waals surface area contributed by atoms with Crippen LogP contribution in [0.25, 0.3) is 0 Å². The predicted molar refractivity (Wildman–Crippen MR) is 93.3 cm³/mol. The molecule has 4 nitrogen and oxygen atoms in total. The summed E-state index contributed by atoms with van der Waals surface area (Å²) in [6.45, 7) is 1.67. The molecule has 2 aromatic rings. The number of hydrogen-bond acceptors (Lipinski definition) is 3. The predicted octanol–water partition coefficient (Wildman–Crippen LogP) is 4.49. The third-order valence-electron chi connectivity index (χ3n) is 3.99. The largest absolute Gasteiger partial charge is 0.354 e. The van der Waals surface area contributed by atoms with Crippen molar-refractivity contribution in [2.45, 2.75) is 25.7 Å². The zero-order valence-corrected chi connectivity index (χ0v) is 13.7. The maximum Gasteiger partial charge on any atom is 0.272 e. The molecule has 120 valence electrons. The van der Waals surface area contributed by atoms with Gasteiger partial charge in [-0.2, -0.15) is 0 Å². The van der Waals surface area contributed by atoms with Crippen molar-refractivity contribution in [3.8, 4) is 0 Å². The number of aromatic nitrogens is 1. The van der Waals surface area contributed by atoms with Crippen LogP contribution in [0.4, 0.5) is 11.4 Å². The third-order valence-corrected chi connectivity index (χ3v) is 4.22. The van der Waals surface area contributed by atoms with Gasteiger partial charge in [-0.1, -0.05) is 30.5 Å². The summed E-state index contributed by atoms with van der Waals surface area (Å²) in [5.41, 5.74) is 2.23. The fraction of sp³-hybridized carbons (Fsp3) is 0.333. The Morgan fingerprint density at radius 1 is 1.04 bits per heavy atom. The van der Waals surface area contributed by atoms with Crippen LogP contribution >= 0.6 is 11.6 Å². The molecule has 1 aliphatic heterocycles. The summed E-state index contributed by atoms with van der Waals surface area (Å²) in [5, 5.41) is 3.91. The normalized spacial score (nSPS) is 15.1. The molecule has 0 unspecified atom stereocenters. The number of rotatable bonds is 3. The first-order valence-electron chi connectivity index (χ1n) is 8.00. The monoisotopic (exact) mass is 329 g/mol. The first-order chi connectivity index (χ1) is 11.2. The molecule has 1 amide bonds. The smallest absolute Gasteiger partial charge is 0.272 e. The summed E-state index contributed by atoms with van der Waals surface area (Å²) in [7, 11) is 0. The Balaban J connectivity index is 1.67. The van der Waals surface area contributed by atoms with Gasteiger partial charge in [0, 0.05) is 23.8 Å². The topological polar surface area (TPSA) is 45.2 Å². The standard InChI is InChI=1S/C18H20ClN3O/c19-14-6-5-7-15(12-14)21-16-8-9-17(20-13-16)18(23)22-10-3-1-2-4-11-22/h5-9,12-13,21H,1-4,10-11H2.